The minimum absolute atomic E-state index is 0.0221. The highest BCUT2D eigenvalue weighted by Gasteiger charge is 2.22. The molecule has 48 heavy (non-hydrogen) atoms. The maximum Gasteiger partial charge on any atom is 0.411 e. The van der Waals surface area contributed by atoms with Crippen LogP contribution in [0.25, 0.3) is 10.9 Å². The van der Waals surface area contributed by atoms with Crippen molar-refractivity contribution in [3.63, 3.8) is 0 Å². The van der Waals surface area contributed by atoms with Crippen molar-refractivity contribution in [2.75, 3.05) is 19.5 Å². The SMILES string of the molecule is COC1CCCC1.COc1cc(C(=O)NS(=O)(=O)c2ccccc2C)ccc1Cc1cn(C)c2ccc(NC(=O)OC3CCCC3)cc12. The van der Waals surface area contributed by atoms with Gasteiger partial charge in [0.25, 0.3) is 15.9 Å². The van der Waals surface area contributed by atoms with Gasteiger partial charge in [0.1, 0.15) is 11.9 Å². The number of fused-ring (bicyclic) bond motifs is 1. The maximum absolute atomic E-state index is 12.9. The summed E-state index contributed by atoms with van der Waals surface area (Å²) in [5.41, 5.74) is 4.14. The van der Waals surface area contributed by atoms with Gasteiger partial charge in [-0.25, -0.2) is 17.9 Å². The number of carbonyl (C=O) groups excluding carboxylic acids is 2. The fraction of sp³-hybridized carbons (Fsp3) is 0.405. The van der Waals surface area contributed by atoms with Gasteiger partial charge in [-0.05, 0) is 98.5 Å². The molecule has 2 fully saturated rings. The molecule has 1 heterocycles. The molecular formula is C37H45N3O7S. The molecule has 3 aromatic carbocycles. The number of rotatable bonds is 9. The molecule has 2 saturated carbocycles. The maximum atomic E-state index is 12.9. The number of methoxy groups -OCH3 is 2. The highest BCUT2D eigenvalue weighted by molar-refractivity contribution is 7.90. The van der Waals surface area contributed by atoms with Gasteiger partial charge < -0.3 is 18.8 Å². The first-order valence-corrected chi connectivity index (χ1v) is 17.9. The molecule has 11 heteroatoms. The van der Waals surface area contributed by atoms with Crippen molar-refractivity contribution in [1.82, 2.24) is 9.29 Å². The number of hydrogen-bond donors (Lipinski definition) is 2. The Morgan fingerprint density at radius 1 is 0.875 bits per heavy atom. The first-order valence-electron chi connectivity index (χ1n) is 16.5. The van der Waals surface area contributed by atoms with Crippen LogP contribution < -0.4 is 14.8 Å². The molecule has 0 saturated heterocycles. The van der Waals surface area contributed by atoms with Crippen molar-refractivity contribution in [3.05, 3.63) is 89.1 Å². The third-order valence-corrected chi connectivity index (χ3v) is 10.6. The predicted molar refractivity (Wildman–Crippen MR) is 186 cm³/mol. The summed E-state index contributed by atoms with van der Waals surface area (Å²) in [6.45, 7) is 1.67. The number of nitrogens with one attached hydrogen (secondary N) is 2. The van der Waals surface area contributed by atoms with Gasteiger partial charge in [0, 0.05) is 48.9 Å². The summed E-state index contributed by atoms with van der Waals surface area (Å²) in [6.07, 6.45) is 11.9. The number of benzene rings is 3. The van der Waals surface area contributed by atoms with Crippen LogP contribution in [0, 0.1) is 6.92 Å². The van der Waals surface area contributed by atoms with Crippen LogP contribution >= 0.6 is 0 Å². The summed E-state index contributed by atoms with van der Waals surface area (Å²) >= 11 is 0. The largest absolute Gasteiger partial charge is 0.496 e. The molecule has 2 aliphatic rings. The molecule has 6 rings (SSSR count). The first kappa shape index (κ1) is 35.0. The zero-order chi connectivity index (χ0) is 34.3. The van der Waals surface area contributed by atoms with E-state index in [1.54, 1.807) is 44.4 Å². The van der Waals surface area contributed by atoms with Crippen LogP contribution in [0.2, 0.25) is 0 Å². The fourth-order valence-corrected chi connectivity index (χ4v) is 7.67. The van der Waals surface area contributed by atoms with E-state index < -0.39 is 22.0 Å². The van der Waals surface area contributed by atoms with Gasteiger partial charge >= 0.3 is 6.09 Å². The highest BCUT2D eigenvalue weighted by atomic mass is 32.2. The van der Waals surface area contributed by atoms with Gasteiger partial charge in [-0.2, -0.15) is 0 Å². The van der Waals surface area contributed by atoms with E-state index >= 15 is 0 Å². The molecule has 2 amide bonds. The van der Waals surface area contributed by atoms with Crippen LogP contribution in [0.5, 0.6) is 5.75 Å². The van der Waals surface area contributed by atoms with Gasteiger partial charge in [-0.15, -0.1) is 0 Å². The van der Waals surface area contributed by atoms with E-state index in [4.69, 9.17) is 14.2 Å². The second-order valence-electron chi connectivity index (χ2n) is 12.5. The quantitative estimate of drug-likeness (QED) is 0.191. The standard InChI is InChI=1S/C31H33N3O6S.C6H12O/c1-20-8-4-7-11-29(20)41(37,38)33-30(35)22-13-12-21(28(17-22)39-3)16-23-19-34(2)27-15-14-24(18-26(23)27)32-31(36)40-25-9-5-6-10-25;1-7-6-4-2-3-5-6/h4,7-8,11-15,17-19,25H,5-6,9-10,16H2,1-3H3,(H,32,36)(H,33,35);6H,2-5H2,1H3. The molecule has 0 unspecified atom stereocenters. The molecule has 2 N–H and O–H groups in total. The first-order chi connectivity index (χ1) is 23.1. The van der Waals surface area contributed by atoms with E-state index in [-0.39, 0.29) is 16.6 Å². The monoisotopic (exact) mass is 675 g/mol. The molecule has 0 spiro atoms. The number of sulfonamides is 1. The third kappa shape index (κ3) is 8.56. The summed E-state index contributed by atoms with van der Waals surface area (Å²) in [5, 5.41) is 3.81. The molecule has 1 aromatic heterocycles. The van der Waals surface area contributed by atoms with Crippen LogP contribution in [0.1, 0.15) is 78.4 Å². The Hall–Kier alpha value is -4.35. The van der Waals surface area contributed by atoms with Gasteiger partial charge in [-0.3, -0.25) is 10.1 Å². The van der Waals surface area contributed by atoms with Gasteiger partial charge in [-0.1, -0.05) is 37.1 Å². The summed E-state index contributed by atoms with van der Waals surface area (Å²) in [6, 6.07) is 17.1. The van der Waals surface area contributed by atoms with Crippen LogP contribution in [0.15, 0.2) is 71.8 Å². The lowest BCUT2D eigenvalue weighted by atomic mass is 10.0. The van der Waals surface area contributed by atoms with E-state index in [9.17, 15) is 18.0 Å². The van der Waals surface area contributed by atoms with Gasteiger partial charge in [0.15, 0.2) is 0 Å². The summed E-state index contributed by atoms with van der Waals surface area (Å²) in [5.74, 6) is -0.291. The van der Waals surface area contributed by atoms with Crippen molar-refractivity contribution >= 4 is 38.6 Å². The summed E-state index contributed by atoms with van der Waals surface area (Å²) < 4.78 is 46.0. The number of amides is 2. The number of aryl methyl sites for hydroxylation is 2. The minimum atomic E-state index is -4.04. The predicted octanol–water partition coefficient (Wildman–Crippen LogP) is 7.27. The van der Waals surface area contributed by atoms with E-state index in [1.807, 2.05) is 36.0 Å². The van der Waals surface area contributed by atoms with Crippen molar-refractivity contribution < 1.29 is 32.2 Å². The van der Waals surface area contributed by atoms with E-state index in [0.29, 0.717) is 29.5 Å². The number of hydrogen-bond acceptors (Lipinski definition) is 7. The van der Waals surface area contributed by atoms with E-state index in [1.165, 1.54) is 44.9 Å². The van der Waals surface area contributed by atoms with Crippen molar-refractivity contribution in [3.8, 4) is 5.75 Å². The molecule has 0 aliphatic heterocycles. The van der Waals surface area contributed by atoms with Crippen LogP contribution in [0.3, 0.4) is 0 Å². The van der Waals surface area contributed by atoms with Crippen molar-refractivity contribution in [2.24, 2.45) is 7.05 Å². The average Bonchev–Trinajstić information content (AvgIpc) is 3.84. The molecule has 0 radical (unpaired) electrons. The van der Waals surface area contributed by atoms with Crippen LogP contribution in [0.4, 0.5) is 10.5 Å². The number of aromatic nitrogens is 1. The fourth-order valence-electron chi connectivity index (χ4n) is 6.45. The smallest absolute Gasteiger partial charge is 0.411 e. The normalized spacial score (nSPS) is 15.2. The second-order valence-corrected chi connectivity index (χ2v) is 14.1. The van der Waals surface area contributed by atoms with E-state index in [0.717, 1.165) is 47.7 Å². The summed E-state index contributed by atoms with van der Waals surface area (Å²) in [4.78, 5) is 25.4. The minimum Gasteiger partial charge on any atom is -0.496 e. The van der Waals surface area contributed by atoms with E-state index in [2.05, 4.69) is 10.0 Å². The lowest BCUT2D eigenvalue weighted by Gasteiger charge is -2.13. The molecule has 0 bridgehead atoms. The Morgan fingerprint density at radius 2 is 1.56 bits per heavy atom. The highest BCUT2D eigenvalue weighted by Crippen LogP contribution is 2.30. The molecule has 2 aliphatic carbocycles. The molecule has 10 nitrogen and oxygen atoms in total. The topological polar surface area (TPSA) is 125 Å². The van der Waals surface area contributed by atoms with Gasteiger partial charge in [0.2, 0.25) is 0 Å². The average molecular weight is 676 g/mol. The Bertz CT molecular complexity index is 1860. The molecule has 0 atom stereocenters. The Balaban J connectivity index is 0.000000572. The van der Waals surface area contributed by atoms with Crippen LogP contribution in [-0.4, -0.2) is 51.4 Å². The van der Waals surface area contributed by atoms with Crippen molar-refractivity contribution in [1.29, 1.82) is 0 Å². The Labute approximate surface area is 282 Å². The van der Waals surface area contributed by atoms with Crippen molar-refractivity contribution in [2.45, 2.75) is 81.8 Å². The molecule has 256 valence electrons. The molecule has 4 aromatic rings. The Morgan fingerprint density at radius 3 is 2.21 bits per heavy atom. The Kier molecular flexibility index (Phi) is 11.4. The lowest BCUT2D eigenvalue weighted by Crippen LogP contribution is -2.31. The lowest BCUT2D eigenvalue weighted by molar-refractivity contribution is 0.0980. The number of nitrogens with zero attached hydrogens (tertiary/aromatic N) is 1. The number of ether oxygens (including phenoxy) is 3. The second kappa shape index (κ2) is 15.7. The zero-order valence-electron chi connectivity index (χ0n) is 28.1. The molecular weight excluding hydrogens is 630 g/mol. The zero-order valence-corrected chi connectivity index (χ0v) is 28.9. The number of anilines is 1. The number of carbonyl (C=O) groups is 2. The van der Waals surface area contributed by atoms with Crippen LogP contribution in [-0.2, 0) is 33.0 Å². The van der Waals surface area contributed by atoms with Gasteiger partial charge in [0.05, 0.1) is 18.1 Å². The third-order valence-electron chi connectivity index (χ3n) is 9.07. The summed E-state index contributed by atoms with van der Waals surface area (Å²) in [7, 11) is 1.22.